The molecule has 2 fully saturated rings. The molecule has 0 bridgehead atoms. The number of aliphatic hydroxyl groups excluding tert-OH is 5. The lowest BCUT2D eigenvalue weighted by molar-refractivity contribution is -0.172. The van der Waals surface area contributed by atoms with E-state index in [4.69, 9.17) is 19.3 Å². The molecule has 6 N–H and O–H groups in total. The first-order valence-electron chi connectivity index (χ1n) is 16.4. The van der Waals surface area contributed by atoms with Gasteiger partial charge in [-0.25, -0.2) is 13.2 Å². The first kappa shape index (κ1) is 41.0. The molecule has 0 aliphatic carbocycles. The molecule has 2 aromatic carbocycles. The average molecular weight is 750 g/mol. The maximum atomic E-state index is 13.7. The van der Waals surface area contributed by atoms with Gasteiger partial charge in [0.15, 0.2) is 0 Å². The van der Waals surface area contributed by atoms with Gasteiger partial charge < -0.3 is 44.6 Å². The molecule has 19 heteroatoms. The minimum absolute atomic E-state index is 0.0420. The van der Waals surface area contributed by atoms with Crippen molar-refractivity contribution in [2.45, 2.75) is 93.5 Å². The van der Waals surface area contributed by atoms with E-state index in [9.17, 15) is 48.0 Å². The van der Waals surface area contributed by atoms with Crippen LogP contribution in [0.5, 0.6) is 0 Å². The van der Waals surface area contributed by atoms with Gasteiger partial charge in [0.05, 0.1) is 28.3 Å². The summed E-state index contributed by atoms with van der Waals surface area (Å²) in [5, 5.41) is 49.9. The number of carbonyl (C=O) groups is 4. The molecule has 2 heterocycles. The van der Waals surface area contributed by atoms with Crippen LogP contribution < -0.4 is 10.2 Å². The van der Waals surface area contributed by atoms with Crippen molar-refractivity contribution in [1.29, 1.82) is 0 Å². The van der Waals surface area contributed by atoms with Crippen LogP contribution in [0.15, 0.2) is 53.4 Å². The van der Waals surface area contributed by atoms with Crippen LogP contribution in [0, 0.1) is 0 Å². The third-order valence-corrected chi connectivity index (χ3v) is 10.8. The zero-order valence-corrected chi connectivity index (χ0v) is 30.1. The van der Waals surface area contributed by atoms with Crippen LogP contribution in [-0.4, -0.2) is 137 Å². The maximum absolute atomic E-state index is 13.7. The van der Waals surface area contributed by atoms with Gasteiger partial charge in [-0.1, -0.05) is 24.3 Å². The summed E-state index contributed by atoms with van der Waals surface area (Å²) >= 11 is 0. The Balaban J connectivity index is 1.54. The van der Waals surface area contributed by atoms with Crippen LogP contribution in [0.2, 0.25) is 0 Å². The van der Waals surface area contributed by atoms with E-state index in [0.717, 1.165) is 4.90 Å². The van der Waals surface area contributed by atoms with Crippen molar-refractivity contribution in [3.05, 3.63) is 59.7 Å². The molecular weight excluding hydrogens is 705 g/mol. The molecule has 2 saturated heterocycles. The van der Waals surface area contributed by atoms with Gasteiger partial charge in [0.2, 0.25) is 15.9 Å². The number of sulfonamides is 1. The molecule has 3 amide bonds. The summed E-state index contributed by atoms with van der Waals surface area (Å²) < 4.78 is 41.7. The van der Waals surface area contributed by atoms with Crippen molar-refractivity contribution in [1.82, 2.24) is 14.7 Å². The van der Waals surface area contributed by atoms with Gasteiger partial charge >= 0.3 is 13.1 Å². The first-order chi connectivity index (χ1) is 24.2. The summed E-state index contributed by atoms with van der Waals surface area (Å²) in [6, 6.07) is 9.56. The molecule has 2 aliphatic heterocycles. The summed E-state index contributed by atoms with van der Waals surface area (Å²) in [6.07, 6.45) is -7.98. The summed E-state index contributed by atoms with van der Waals surface area (Å²) in [5.41, 5.74) is -0.386. The largest absolute Gasteiger partial charge is 0.494 e. The zero-order chi connectivity index (χ0) is 38.8. The number of nitrogens with one attached hydrogen (secondary N) is 1. The molecule has 5 atom stereocenters. The first-order valence-corrected chi connectivity index (χ1v) is 17.9. The summed E-state index contributed by atoms with van der Waals surface area (Å²) in [5.74, 6) is -3.18. The normalized spacial score (nSPS) is 20.0. The molecule has 0 saturated carbocycles. The van der Waals surface area contributed by atoms with E-state index in [1.54, 1.807) is 0 Å². The van der Waals surface area contributed by atoms with Crippen molar-refractivity contribution in [2.75, 3.05) is 20.2 Å². The topological polar surface area (TPSA) is 250 Å². The van der Waals surface area contributed by atoms with Crippen LogP contribution in [0.3, 0.4) is 0 Å². The number of hydrogen-bond donors (Lipinski definition) is 6. The number of hydrogen-bond acceptors (Lipinski definition) is 14. The Morgan fingerprint density at radius 2 is 1.42 bits per heavy atom. The fraction of sp³-hybridized carbons (Fsp3) is 0.515. The molecule has 0 radical (unpaired) electrons. The molecule has 0 spiro atoms. The Morgan fingerprint density at radius 3 is 1.94 bits per heavy atom. The van der Waals surface area contributed by atoms with Crippen molar-refractivity contribution in [3.8, 4) is 0 Å². The second-order valence-corrected chi connectivity index (χ2v) is 15.4. The van der Waals surface area contributed by atoms with Crippen molar-refractivity contribution >= 4 is 46.3 Å². The van der Waals surface area contributed by atoms with Crippen LogP contribution in [-0.2, 0) is 45.0 Å². The second-order valence-electron chi connectivity index (χ2n) is 13.7. The molecular formula is C33H44BN3O14S. The Bertz CT molecular complexity index is 1710. The van der Waals surface area contributed by atoms with E-state index >= 15 is 0 Å². The molecule has 0 aromatic heterocycles. The number of rotatable bonds is 15. The Hall–Kier alpha value is -3.79. The highest BCUT2D eigenvalue weighted by atomic mass is 32.2. The monoisotopic (exact) mass is 749 g/mol. The molecule has 0 unspecified atom stereocenters. The molecule has 2 aromatic rings. The lowest BCUT2D eigenvalue weighted by Crippen LogP contribution is -2.53. The summed E-state index contributed by atoms with van der Waals surface area (Å²) in [6.45, 7) is 5.98. The van der Waals surface area contributed by atoms with Crippen LogP contribution >= 0.6 is 0 Å². The standard InChI is InChI=1S/C33H44BN3O14S/c1-32(2)33(3,4)51-34(50-32)21-10-12-22(13-11-21)52(47,48)35-23(30(45)36(5)17-24(39)28(43)29(44)25(40)18-38)16-19-6-8-20(9-7-19)31(46)49-37-26(41)14-15-27(37)42/h6-13,23-25,28-29,35,38-40,43-44H,14-18H2,1-5H3/t23-,24+,25-,28-,29-/m0/s1. The summed E-state index contributed by atoms with van der Waals surface area (Å²) in [4.78, 5) is 55.6. The molecule has 2 aliphatic rings. The van der Waals surface area contributed by atoms with Crippen molar-refractivity contribution in [3.63, 3.8) is 0 Å². The van der Waals surface area contributed by atoms with Gasteiger partial charge in [0.25, 0.3) is 11.8 Å². The molecule has 284 valence electrons. The lowest BCUT2D eigenvalue weighted by Gasteiger charge is -2.32. The summed E-state index contributed by atoms with van der Waals surface area (Å²) in [7, 11) is -3.94. The van der Waals surface area contributed by atoms with Crippen LogP contribution in [0.25, 0.3) is 0 Å². The fourth-order valence-electron chi connectivity index (χ4n) is 5.33. The van der Waals surface area contributed by atoms with Gasteiger partial charge in [-0.2, -0.15) is 4.72 Å². The number of nitrogens with zero attached hydrogens (tertiary/aromatic N) is 2. The number of hydroxylamine groups is 2. The molecule has 4 rings (SSSR count). The molecule has 52 heavy (non-hydrogen) atoms. The minimum atomic E-state index is -4.40. The van der Waals surface area contributed by atoms with Crippen molar-refractivity contribution in [2.24, 2.45) is 0 Å². The third-order valence-electron chi connectivity index (χ3n) is 9.28. The van der Waals surface area contributed by atoms with Crippen LogP contribution in [0.1, 0.15) is 56.5 Å². The predicted octanol–water partition coefficient (Wildman–Crippen LogP) is -2.01. The van der Waals surface area contributed by atoms with Gasteiger partial charge in [-0.3, -0.25) is 14.4 Å². The zero-order valence-electron chi connectivity index (χ0n) is 29.3. The van der Waals surface area contributed by atoms with Gasteiger partial charge in [0.1, 0.15) is 30.5 Å². The van der Waals surface area contributed by atoms with Gasteiger partial charge in [-0.05, 0) is 69.4 Å². The Morgan fingerprint density at radius 1 is 0.904 bits per heavy atom. The number of benzene rings is 2. The predicted molar refractivity (Wildman–Crippen MR) is 182 cm³/mol. The van der Waals surface area contributed by atoms with Gasteiger partial charge in [0, 0.05) is 26.4 Å². The van der Waals surface area contributed by atoms with E-state index in [2.05, 4.69) is 4.72 Å². The van der Waals surface area contributed by atoms with E-state index in [1.807, 2.05) is 27.7 Å². The second kappa shape index (κ2) is 16.1. The molecule has 17 nitrogen and oxygen atoms in total. The number of amides is 3. The van der Waals surface area contributed by atoms with Gasteiger partial charge in [-0.15, -0.1) is 5.06 Å². The van der Waals surface area contributed by atoms with E-state index in [1.165, 1.54) is 55.6 Å². The Labute approximate surface area is 301 Å². The fourth-order valence-corrected chi connectivity index (χ4v) is 6.52. The third kappa shape index (κ3) is 9.22. The highest BCUT2D eigenvalue weighted by Gasteiger charge is 2.51. The van der Waals surface area contributed by atoms with E-state index in [-0.39, 0.29) is 29.7 Å². The highest BCUT2D eigenvalue weighted by Crippen LogP contribution is 2.36. The van der Waals surface area contributed by atoms with Crippen molar-refractivity contribution < 1.29 is 67.3 Å². The number of likely N-dealkylation sites (N-methyl/N-ethyl adjacent to an activating group) is 1. The Kier molecular flexibility index (Phi) is 12.7. The maximum Gasteiger partial charge on any atom is 0.494 e. The number of carbonyl (C=O) groups excluding carboxylic acids is 4. The van der Waals surface area contributed by atoms with Crippen LogP contribution in [0.4, 0.5) is 0 Å². The number of imide groups is 1. The smallest absolute Gasteiger partial charge is 0.399 e. The quantitative estimate of drug-likeness (QED) is 0.0851. The SMILES string of the molecule is CN(C[C@@H](O)[C@H](O)[C@@H](O)[C@@H](O)CO)C(=O)[C@H](Cc1ccc(C(=O)ON2C(=O)CCC2=O)cc1)NS(=O)(=O)c1ccc(B2OC(C)(C)C(C)(C)O2)cc1. The van der Waals surface area contributed by atoms with E-state index in [0.29, 0.717) is 16.1 Å². The van der Waals surface area contributed by atoms with E-state index < -0.39 is 95.6 Å². The average Bonchev–Trinajstić information content (AvgIpc) is 3.53. The lowest BCUT2D eigenvalue weighted by atomic mass is 9.79. The number of aliphatic hydroxyl groups is 5. The highest BCUT2D eigenvalue weighted by molar-refractivity contribution is 7.89. The minimum Gasteiger partial charge on any atom is -0.399 e.